The standard InChI is InChI=1S/C13H21N2O4/c1-4-14-7-8-15(10-14)11(13(17)19-6-3)9-12(16)18-5-2/h7-8,10-11H,4-6,9H2,1-3H3/q+1. The van der Waals surface area contributed by atoms with E-state index in [4.69, 9.17) is 9.47 Å². The SMILES string of the molecule is CCOC(=O)CC(C(=O)OCC)n1cc[n+](CC)c1. The average Bonchev–Trinajstić information content (AvgIpc) is 2.85. The van der Waals surface area contributed by atoms with Gasteiger partial charge in [-0.2, -0.15) is 0 Å². The summed E-state index contributed by atoms with van der Waals surface area (Å²) in [7, 11) is 0. The van der Waals surface area contributed by atoms with Gasteiger partial charge in [0.25, 0.3) is 0 Å². The fourth-order valence-electron chi connectivity index (χ4n) is 1.71. The Kier molecular flexibility index (Phi) is 6.05. The predicted octanol–water partition coefficient (Wildman–Crippen LogP) is 0.853. The zero-order valence-electron chi connectivity index (χ0n) is 11.7. The van der Waals surface area contributed by atoms with Crippen molar-refractivity contribution in [3.05, 3.63) is 18.7 Å². The topological polar surface area (TPSA) is 61.4 Å². The van der Waals surface area contributed by atoms with Crippen LogP contribution in [0.5, 0.6) is 0 Å². The van der Waals surface area contributed by atoms with E-state index in [1.54, 1.807) is 30.9 Å². The summed E-state index contributed by atoms with van der Waals surface area (Å²) < 4.78 is 13.5. The van der Waals surface area contributed by atoms with Crippen LogP contribution in [0, 0.1) is 0 Å². The fraction of sp³-hybridized carbons (Fsp3) is 0.615. The Morgan fingerprint density at radius 1 is 1.21 bits per heavy atom. The predicted molar refractivity (Wildman–Crippen MR) is 67.2 cm³/mol. The second-order valence-corrected chi connectivity index (χ2v) is 3.97. The molecule has 0 saturated heterocycles. The van der Waals surface area contributed by atoms with Crippen LogP contribution in [0.25, 0.3) is 0 Å². The van der Waals surface area contributed by atoms with Gasteiger partial charge in [0, 0.05) is 0 Å². The third-order valence-corrected chi connectivity index (χ3v) is 2.66. The molecule has 1 heterocycles. The van der Waals surface area contributed by atoms with Crippen molar-refractivity contribution < 1.29 is 23.6 Å². The summed E-state index contributed by atoms with van der Waals surface area (Å²) in [6.07, 6.45) is 5.35. The normalized spacial score (nSPS) is 11.9. The molecule has 19 heavy (non-hydrogen) atoms. The van der Waals surface area contributed by atoms with Gasteiger partial charge < -0.3 is 9.47 Å². The lowest BCUT2D eigenvalue weighted by Crippen LogP contribution is -2.31. The highest BCUT2D eigenvalue weighted by Crippen LogP contribution is 2.14. The van der Waals surface area contributed by atoms with Gasteiger partial charge in [0.15, 0.2) is 0 Å². The van der Waals surface area contributed by atoms with Gasteiger partial charge in [-0.3, -0.25) is 4.79 Å². The maximum absolute atomic E-state index is 11.9. The van der Waals surface area contributed by atoms with E-state index < -0.39 is 18.0 Å². The first kappa shape index (κ1) is 15.2. The summed E-state index contributed by atoms with van der Waals surface area (Å²) in [6, 6.07) is -0.674. The second-order valence-electron chi connectivity index (χ2n) is 3.97. The van der Waals surface area contributed by atoms with Gasteiger partial charge in [0.2, 0.25) is 12.4 Å². The number of esters is 2. The van der Waals surface area contributed by atoms with Gasteiger partial charge in [-0.1, -0.05) is 0 Å². The molecule has 1 atom stereocenters. The van der Waals surface area contributed by atoms with Crippen LogP contribution < -0.4 is 4.57 Å². The van der Waals surface area contributed by atoms with Crippen molar-refractivity contribution in [1.29, 1.82) is 0 Å². The number of aryl methyl sites for hydroxylation is 1. The highest BCUT2D eigenvalue weighted by Gasteiger charge is 2.30. The van der Waals surface area contributed by atoms with Crippen LogP contribution in [-0.2, 0) is 25.6 Å². The molecule has 0 aliphatic rings. The highest BCUT2D eigenvalue weighted by molar-refractivity contribution is 5.81. The van der Waals surface area contributed by atoms with E-state index in [0.29, 0.717) is 6.61 Å². The summed E-state index contributed by atoms with van der Waals surface area (Å²) in [4.78, 5) is 23.5. The monoisotopic (exact) mass is 269 g/mol. The molecular formula is C13H21N2O4+. The van der Waals surface area contributed by atoms with Gasteiger partial charge in [-0.15, -0.1) is 0 Å². The molecule has 0 radical (unpaired) electrons. The molecule has 106 valence electrons. The van der Waals surface area contributed by atoms with Crippen molar-refractivity contribution in [3.8, 4) is 0 Å². The number of carbonyl (C=O) groups is 2. The Morgan fingerprint density at radius 2 is 1.89 bits per heavy atom. The van der Waals surface area contributed by atoms with Crippen molar-refractivity contribution in [2.45, 2.75) is 39.8 Å². The molecule has 0 bridgehead atoms. The van der Waals surface area contributed by atoms with Gasteiger partial charge in [0.05, 0.1) is 26.2 Å². The van der Waals surface area contributed by atoms with Crippen LogP contribution in [0.15, 0.2) is 18.7 Å². The summed E-state index contributed by atoms with van der Waals surface area (Å²) in [5.41, 5.74) is 0. The van der Waals surface area contributed by atoms with Gasteiger partial charge in [-0.25, -0.2) is 13.9 Å². The molecule has 0 spiro atoms. The lowest BCUT2D eigenvalue weighted by Gasteiger charge is -2.11. The van der Waals surface area contributed by atoms with Crippen molar-refractivity contribution in [1.82, 2.24) is 4.57 Å². The number of nitrogens with zero attached hydrogens (tertiary/aromatic N) is 2. The van der Waals surface area contributed by atoms with Crippen molar-refractivity contribution in [3.63, 3.8) is 0 Å². The first-order chi connectivity index (χ1) is 9.12. The van der Waals surface area contributed by atoms with E-state index in [9.17, 15) is 9.59 Å². The summed E-state index contributed by atoms with van der Waals surface area (Å²) in [5.74, 6) is -0.827. The molecule has 0 saturated carbocycles. The molecule has 0 aliphatic carbocycles. The zero-order valence-corrected chi connectivity index (χ0v) is 11.7. The Labute approximate surface area is 112 Å². The Bertz CT molecular complexity index is 428. The van der Waals surface area contributed by atoms with E-state index in [1.807, 2.05) is 17.7 Å². The Balaban J connectivity index is 2.85. The summed E-state index contributed by atoms with van der Waals surface area (Å²) in [5, 5.41) is 0. The molecule has 0 N–H and O–H groups in total. The number of hydrogen-bond donors (Lipinski definition) is 0. The third-order valence-electron chi connectivity index (χ3n) is 2.66. The van der Waals surface area contributed by atoms with Gasteiger partial charge in [0.1, 0.15) is 12.4 Å². The van der Waals surface area contributed by atoms with Crippen LogP contribution in [0.1, 0.15) is 33.2 Å². The van der Waals surface area contributed by atoms with E-state index in [1.165, 1.54) is 0 Å². The van der Waals surface area contributed by atoms with E-state index >= 15 is 0 Å². The second kappa shape index (κ2) is 7.56. The molecule has 6 nitrogen and oxygen atoms in total. The number of hydrogen-bond acceptors (Lipinski definition) is 4. The van der Waals surface area contributed by atoms with E-state index in [0.717, 1.165) is 6.54 Å². The number of imidazole rings is 1. The average molecular weight is 269 g/mol. The molecule has 0 amide bonds. The fourth-order valence-corrected chi connectivity index (χ4v) is 1.71. The number of aromatic nitrogens is 2. The van der Waals surface area contributed by atoms with Crippen LogP contribution in [0.3, 0.4) is 0 Å². The third kappa shape index (κ3) is 4.39. The molecule has 1 aromatic rings. The molecule has 0 aromatic carbocycles. The van der Waals surface area contributed by atoms with E-state index in [-0.39, 0.29) is 13.0 Å². The largest absolute Gasteiger partial charge is 0.466 e. The maximum atomic E-state index is 11.9. The molecule has 0 fully saturated rings. The van der Waals surface area contributed by atoms with Crippen LogP contribution in [0.2, 0.25) is 0 Å². The van der Waals surface area contributed by atoms with Crippen LogP contribution >= 0.6 is 0 Å². The molecule has 0 aliphatic heterocycles. The van der Waals surface area contributed by atoms with E-state index in [2.05, 4.69) is 0 Å². The van der Waals surface area contributed by atoms with Gasteiger partial charge >= 0.3 is 11.9 Å². The molecule has 1 rings (SSSR count). The Morgan fingerprint density at radius 3 is 2.42 bits per heavy atom. The zero-order chi connectivity index (χ0) is 14.3. The number of carbonyl (C=O) groups excluding carboxylic acids is 2. The maximum Gasteiger partial charge on any atom is 0.352 e. The molecule has 1 unspecified atom stereocenters. The lowest BCUT2D eigenvalue weighted by molar-refractivity contribution is -0.693. The van der Waals surface area contributed by atoms with Crippen LogP contribution in [-0.4, -0.2) is 29.7 Å². The molecular weight excluding hydrogens is 248 g/mol. The Hall–Kier alpha value is -1.85. The highest BCUT2D eigenvalue weighted by atomic mass is 16.5. The smallest absolute Gasteiger partial charge is 0.352 e. The molecule has 1 aromatic heterocycles. The van der Waals surface area contributed by atoms with Crippen molar-refractivity contribution >= 4 is 11.9 Å². The minimum atomic E-state index is -0.674. The van der Waals surface area contributed by atoms with Crippen molar-refractivity contribution in [2.24, 2.45) is 0 Å². The minimum absolute atomic E-state index is 0.0228. The minimum Gasteiger partial charge on any atom is -0.466 e. The van der Waals surface area contributed by atoms with Gasteiger partial charge in [-0.05, 0) is 20.8 Å². The van der Waals surface area contributed by atoms with Crippen LogP contribution in [0.4, 0.5) is 0 Å². The summed E-state index contributed by atoms with van der Waals surface area (Å²) in [6.45, 7) is 6.85. The van der Waals surface area contributed by atoms with Crippen molar-refractivity contribution in [2.75, 3.05) is 13.2 Å². The first-order valence-electron chi connectivity index (χ1n) is 6.51. The molecule has 6 heteroatoms. The summed E-state index contributed by atoms with van der Waals surface area (Å²) >= 11 is 0. The number of ether oxygens (including phenoxy) is 2. The first-order valence-corrected chi connectivity index (χ1v) is 6.51. The quantitative estimate of drug-likeness (QED) is 0.544. The lowest BCUT2D eigenvalue weighted by atomic mass is 10.2. The number of rotatable bonds is 7.